The van der Waals surface area contributed by atoms with Gasteiger partial charge in [-0.15, -0.1) is 0 Å². The van der Waals surface area contributed by atoms with Crippen molar-refractivity contribution in [3.63, 3.8) is 0 Å². The lowest BCUT2D eigenvalue weighted by Crippen LogP contribution is -2.16. The molecule has 0 unspecified atom stereocenters. The fourth-order valence-electron chi connectivity index (χ4n) is 2.12. The van der Waals surface area contributed by atoms with Crippen LogP contribution in [-0.2, 0) is 11.4 Å². The molecule has 4 nitrogen and oxygen atoms in total. The second-order valence-electron chi connectivity index (χ2n) is 5.42. The largest absolute Gasteiger partial charge is 0.496 e. The summed E-state index contributed by atoms with van der Waals surface area (Å²) < 4.78 is 5.12. The van der Waals surface area contributed by atoms with Gasteiger partial charge in [-0.2, -0.15) is 0 Å². The van der Waals surface area contributed by atoms with Crippen molar-refractivity contribution >= 4 is 11.6 Å². The van der Waals surface area contributed by atoms with Crippen LogP contribution < -0.4 is 10.1 Å². The Morgan fingerprint density at radius 3 is 2.72 bits per heavy atom. The highest BCUT2D eigenvalue weighted by molar-refractivity contribution is 5.95. The van der Waals surface area contributed by atoms with Gasteiger partial charge < -0.3 is 15.2 Å². The molecule has 0 saturated heterocycles. The van der Waals surface area contributed by atoms with Crippen LogP contribution in [0.5, 0.6) is 5.75 Å². The van der Waals surface area contributed by atoms with Gasteiger partial charge in [0.05, 0.1) is 13.7 Å². The second kappa shape index (κ2) is 4.61. The Bertz CT molecular complexity index is 468. The predicted octanol–water partition coefficient (Wildman–Crippen LogP) is 2.17. The Morgan fingerprint density at radius 1 is 1.56 bits per heavy atom. The molecule has 0 spiro atoms. The maximum absolute atomic E-state index is 11.9. The van der Waals surface area contributed by atoms with Gasteiger partial charge in [-0.3, -0.25) is 4.79 Å². The van der Waals surface area contributed by atoms with Crippen LogP contribution in [0.15, 0.2) is 18.2 Å². The fourth-order valence-corrected chi connectivity index (χ4v) is 2.12. The maximum Gasteiger partial charge on any atom is 0.228 e. The molecule has 1 atom stereocenters. The number of anilines is 1. The first-order chi connectivity index (χ1) is 8.47. The first-order valence-electron chi connectivity index (χ1n) is 6.06. The highest BCUT2D eigenvalue weighted by Gasteiger charge is 2.50. The van der Waals surface area contributed by atoms with Gasteiger partial charge in [0.1, 0.15) is 5.75 Å². The molecule has 1 aromatic carbocycles. The molecule has 0 heterocycles. The van der Waals surface area contributed by atoms with Crippen LogP contribution >= 0.6 is 0 Å². The van der Waals surface area contributed by atoms with E-state index < -0.39 is 0 Å². The molecule has 1 aliphatic rings. The van der Waals surface area contributed by atoms with Crippen molar-refractivity contribution in [2.24, 2.45) is 11.3 Å². The molecule has 2 rings (SSSR count). The van der Waals surface area contributed by atoms with E-state index in [-0.39, 0.29) is 23.8 Å². The lowest BCUT2D eigenvalue weighted by atomic mass is 10.1. The zero-order valence-corrected chi connectivity index (χ0v) is 11.0. The number of carbonyl (C=O) groups excluding carboxylic acids is 1. The van der Waals surface area contributed by atoms with Crippen LogP contribution in [0.3, 0.4) is 0 Å². The zero-order chi connectivity index (χ0) is 13.3. The van der Waals surface area contributed by atoms with Gasteiger partial charge in [0.25, 0.3) is 0 Å². The van der Waals surface area contributed by atoms with Crippen molar-refractivity contribution in [3.05, 3.63) is 23.8 Å². The molecule has 1 amide bonds. The number of methoxy groups -OCH3 is 1. The van der Waals surface area contributed by atoms with Gasteiger partial charge in [0, 0.05) is 17.2 Å². The van der Waals surface area contributed by atoms with Gasteiger partial charge in [0.15, 0.2) is 0 Å². The summed E-state index contributed by atoms with van der Waals surface area (Å²) in [7, 11) is 1.56. The standard InChI is InChI=1S/C14H19NO3/c1-14(2)7-11(14)13(17)15-10-4-5-12(18-3)9(6-10)8-16/h4-6,11,16H,7-8H2,1-3H3,(H,15,17)/t11-/m1/s1. The topological polar surface area (TPSA) is 58.6 Å². The van der Waals surface area contributed by atoms with Crippen molar-refractivity contribution in [2.45, 2.75) is 26.9 Å². The number of ether oxygens (including phenoxy) is 1. The minimum atomic E-state index is -0.109. The Hall–Kier alpha value is -1.55. The van der Waals surface area contributed by atoms with Crippen molar-refractivity contribution in [3.8, 4) is 5.75 Å². The molecular formula is C14H19NO3. The van der Waals surface area contributed by atoms with Crippen molar-refractivity contribution in [1.82, 2.24) is 0 Å². The Balaban J connectivity index is 2.08. The van der Waals surface area contributed by atoms with E-state index in [1.54, 1.807) is 25.3 Å². The molecule has 4 heteroatoms. The first-order valence-corrected chi connectivity index (χ1v) is 6.06. The van der Waals surface area contributed by atoms with Crippen LogP contribution in [0.25, 0.3) is 0 Å². The van der Waals surface area contributed by atoms with E-state index in [1.165, 1.54) is 0 Å². The third-order valence-corrected chi connectivity index (χ3v) is 3.55. The highest BCUT2D eigenvalue weighted by atomic mass is 16.5. The van der Waals surface area contributed by atoms with Crippen LogP contribution in [-0.4, -0.2) is 18.1 Å². The molecule has 0 bridgehead atoms. The molecule has 1 aliphatic carbocycles. The van der Waals surface area contributed by atoms with Gasteiger partial charge in [-0.25, -0.2) is 0 Å². The van der Waals surface area contributed by atoms with E-state index in [4.69, 9.17) is 4.74 Å². The molecule has 1 fully saturated rings. The molecule has 0 radical (unpaired) electrons. The summed E-state index contributed by atoms with van der Waals surface area (Å²) in [6.45, 7) is 4.07. The summed E-state index contributed by atoms with van der Waals surface area (Å²) in [6.07, 6.45) is 0.932. The van der Waals surface area contributed by atoms with Crippen LogP contribution in [0.2, 0.25) is 0 Å². The number of hydrogen-bond donors (Lipinski definition) is 2. The number of benzene rings is 1. The maximum atomic E-state index is 11.9. The minimum Gasteiger partial charge on any atom is -0.496 e. The van der Waals surface area contributed by atoms with Gasteiger partial charge in [-0.1, -0.05) is 13.8 Å². The number of hydrogen-bond acceptors (Lipinski definition) is 3. The van der Waals surface area contributed by atoms with Crippen molar-refractivity contribution < 1.29 is 14.6 Å². The number of amides is 1. The normalized spacial score (nSPS) is 20.3. The monoisotopic (exact) mass is 249 g/mol. The van der Waals surface area contributed by atoms with Crippen LogP contribution in [0.4, 0.5) is 5.69 Å². The second-order valence-corrected chi connectivity index (χ2v) is 5.42. The SMILES string of the molecule is COc1ccc(NC(=O)[C@H]2CC2(C)C)cc1CO. The minimum absolute atomic E-state index is 0.0501. The third kappa shape index (κ3) is 2.48. The van der Waals surface area contributed by atoms with E-state index >= 15 is 0 Å². The third-order valence-electron chi connectivity index (χ3n) is 3.55. The summed E-state index contributed by atoms with van der Waals surface area (Å²) >= 11 is 0. The number of nitrogens with one attached hydrogen (secondary N) is 1. The van der Waals surface area contributed by atoms with Gasteiger partial charge in [0.2, 0.25) is 5.91 Å². The quantitative estimate of drug-likeness (QED) is 0.859. The average Bonchev–Trinajstić information content (AvgIpc) is 2.98. The Labute approximate surface area is 107 Å². The van der Waals surface area contributed by atoms with Gasteiger partial charge >= 0.3 is 0 Å². The first kappa shape index (κ1) is 12.9. The lowest BCUT2D eigenvalue weighted by molar-refractivity contribution is -0.118. The number of carbonyl (C=O) groups is 1. The Kier molecular flexibility index (Phi) is 3.30. The summed E-state index contributed by atoms with van der Waals surface area (Å²) in [4.78, 5) is 11.9. The summed E-state index contributed by atoms with van der Waals surface area (Å²) in [5, 5.41) is 12.1. The summed E-state index contributed by atoms with van der Waals surface area (Å²) in [5.74, 6) is 0.772. The summed E-state index contributed by atoms with van der Waals surface area (Å²) in [6, 6.07) is 5.27. The molecule has 1 aromatic rings. The smallest absolute Gasteiger partial charge is 0.228 e. The molecule has 0 aromatic heterocycles. The Morgan fingerprint density at radius 2 is 2.22 bits per heavy atom. The van der Waals surface area contributed by atoms with Crippen molar-refractivity contribution in [2.75, 3.05) is 12.4 Å². The molecule has 1 saturated carbocycles. The van der Waals surface area contributed by atoms with E-state index in [0.717, 1.165) is 6.42 Å². The van der Waals surface area contributed by atoms with Crippen molar-refractivity contribution in [1.29, 1.82) is 0 Å². The van der Waals surface area contributed by atoms with E-state index in [2.05, 4.69) is 19.2 Å². The number of rotatable bonds is 4. The molecule has 98 valence electrons. The predicted molar refractivity (Wildman–Crippen MR) is 69.4 cm³/mol. The number of aliphatic hydroxyl groups is 1. The van der Waals surface area contributed by atoms with Crippen LogP contribution in [0.1, 0.15) is 25.8 Å². The molecule has 0 aliphatic heterocycles. The highest BCUT2D eigenvalue weighted by Crippen LogP contribution is 2.52. The lowest BCUT2D eigenvalue weighted by Gasteiger charge is -2.10. The molecule has 2 N–H and O–H groups in total. The van der Waals surface area contributed by atoms with Crippen LogP contribution in [0, 0.1) is 11.3 Å². The summed E-state index contributed by atoms with van der Waals surface area (Å²) in [5.41, 5.74) is 1.49. The van der Waals surface area contributed by atoms with Gasteiger partial charge in [-0.05, 0) is 30.0 Å². The zero-order valence-electron chi connectivity index (χ0n) is 11.0. The fraction of sp³-hybridized carbons (Fsp3) is 0.500. The van der Waals surface area contributed by atoms with E-state index in [0.29, 0.717) is 17.0 Å². The molecule has 18 heavy (non-hydrogen) atoms. The van der Waals surface area contributed by atoms with E-state index in [9.17, 15) is 9.90 Å². The number of aliphatic hydroxyl groups excluding tert-OH is 1. The molecular weight excluding hydrogens is 230 g/mol. The van der Waals surface area contributed by atoms with E-state index in [1.807, 2.05) is 0 Å². The average molecular weight is 249 g/mol.